The van der Waals surface area contributed by atoms with Crippen molar-refractivity contribution in [2.45, 2.75) is 141 Å². The average molecular weight is 1270 g/mol. The Kier molecular flexibility index (Phi) is 31.8. The SMILES string of the molecule is O=C(CCCCCNC(=O)c1ccc(F)cc1)NCCCCCC(=O)N[C@@H](CCC(=O)N[C@@H](CCCOP(=O)(N[C@@H](CCC(=O)OCc1ccccc1)C(=O)OCc1ccccc1)OCc1ccccc1)C(=O)OCc1ccccc1)C(=O)OCc1ccccc1. The zero-order chi connectivity index (χ0) is 64.7. The molecule has 5 N–H and O–H groups in total. The van der Waals surface area contributed by atoms with Crippen LogP contribution in [0.5, 0.6) is 0 Å². The van der Waals surface area contributed by atoms with E-state index in [0.717, 1.165) is 12.0 Å². The summed E-state index contributed by atoms with van der Waals surface area (Å²) in [5.41, 5.74) is 3.81. The number of carbonyl (C=O) groups is 8. The van der Waals surface area contributed by atoms with Gasteiger partial charge in [0, 0.05) is 44.3 Å². The summed E-state index contributed by atoms with van der Waals surface area (Å²) in [6.45, 7) is -0.0913. The molecule has 4 atom stereocenters. The largest absolute Gasteiger partial charge is 0.461 e. The fraction of sp³-hybridized carbons (Fsp3) is 0.362. The average Bonchev–Trinajstić information content (AvgIpc) is 3.49. The Labute approximate surface area is 530 Å². The number of rotatable bonds is 42. The van der Waals surface area contributed by atoms with Crippen LogP contribution in [0.4, 0.5) is 4.39 Å². The van der Waals surface area contributed by atoms with Gasteiger partial charge < -0.3 is 40.2 Å². The van der Waals surface area contributed by atoms with Crippen molar-refractivity contribution in [3.05, 3.63) is 215 Å². The first kappa shape index (κ1) is 71.2. The van der Waals surface area contributed by atoms with Gasteiger partial charge in [-0.2, -0.15) is 0 Å². The highest BCUT2D eigenvalue weighted by Crippen LogP contribution is 2.46. The van der Waals surface area contributed by atoms with Gasteiger partial charge in [-0.25, -0.2) is 23.6 Å². The maximum absolute atomic E-state index is 14.8. The lowest BCUT2D eigenvalue weighted by Gasteiger charge is -2.25. The van der Waals surface area contributed by atoms with Crippen LogP contribution < -0.4 is 26.4 Å². The third-order valence-corrected chi connectivity index (χ3v) is 15.7. The Morgan fingerprint density at radius 1 is 0.385 bits per heavy atom. The first-order valence-corrected chi connectivity index (χ1v) is 32.2. The van der Waals surface area contributed by atoms with Gasteiger partial charge in [-0.05, 0) is 103 Å². The van der Waals surface area contributed by atoms with Gasteiger partial charge in [-0.1, -0.05) is 165 Å². The highest BCUT2D eigenvalue weighted by molar-refractivity contribution is 7.51. The number of hydrogen-bond donors (Lipinski definition) is 5. The Hall–Kier alpha value is -8.88. The minimum Gasteiger partial charge on any atom is -0.461 e. The molecule has 484 valence electrons. The molecule has 22 heteroatoms. The fourth-order valence-electron chi connectivity index (χ4n) is 9.01. The predicted molar refractivity (Wildman–Crippen MR) is 337 cm³/mol. The van der Waals surface area contributed by atoms with E-state index in [2.05, 4.69) is 26.4 Å². The lowest BCUT2D eigenvalue weighted by molar-refractivity contribution is -0.150. The van der Waals surface area contributed by atoms with E-state index in [1.54, 1.807) is 121 Å². The molecule has 20 nitrogen and oxygen atoms in total. The van der Waals surface area contributed by atoms with Crippen LogP contribution in [-0.4, -0.2) is 85.3 Å². The summed E-state index contributed by atoms with van der Waals surface area (Å²) in [5, 5.41) is 13.8. The van der Waals surface area contributed by atoms with Crippen molar-refractivity contribution in [3.8, 4) is 0 Å². The van der Waals surface area contributed by atoms with Crippen LogP contribution in [0.25, 0.3) is 0 Å². The second-order valence-corrected chi connectivity index (χ2v) is 23.2. The van der Waals surface area contributed by atoms with Crippen molar-refractivity contribution in [3.63, 3.8) is 0 Å². The zero-order valence-corrected chi connectivity index (χ0v) is 51.9. The maximum Gasteiger partial charge on any atom is 0.406 e. The monoisotopic (exact) mass is 1270 g/mol. The lowest BCUT2D eigenvalue weighted by atomic mass is 10.1. The van der Waals surface area contributed by atoms with Crippen molar-refractivity contribution in [1.29, 1.82) is 0 Å². The number of unbranched alkanes of at least 4 members (excludes halogenated alkanes) is 4. The Morgan fingerprint density at radius 2 is 0.791 bits per heavy atom. The third kappa shape index (κ3) is 29.1. The summed E-state index contributed by atoms with van der Waals surface area (Å²) in [6, 6.07) is 45.9. The molecule has 6 aromatic rings. The van der Waals surface area contributed by atoms with Crippen molar-refractivity contribution in [2.75, 3.05) is 19.7 Å². The van der Waals surface area contributed by atoms with Crippen LogP contribution in [0.3, 0.4) is 0 Å². The Balaban J connectivity index is 1.03. The van der Waals surface area contributed by atoms with Gasteiger partial charge in [0.2, 0.25) is 17.7 Å². The maximum atomic E-state index is 14.8. The van der Waals surface area contributed by atoms with E-state index in [1.165, 1.54) is 24.3 Å². The number of halogens is 1. The van der Waals surface area contributed by atoms with Gasteiger partial charge in [0.1, 0.15) is 50.4 Å². The summed E-state index contributed by atoms with van der Waals surface area (Å²) in [5.74, 6) is -5.00. The molecule has 6 aromatic carbocycles. The number of ether oxygens (including phenoxy) is 4. The van der Waals surface area contributed by atoms with E-state index in [-0.39, 0.29) is 96.4 Å². The molecule has 0 aliphatic carbocycles. The van der Waals surface area contributed by atoms with E-state index in [0.29, 0.717) is 79.4 Å². The molecule has 0 aliphatic heterocycles. The van der Waals surface area contributed by atoms with Crippen LogP contribution in [0.15, 0.2) is 176 Å². The van der Waals surface area contributed by atoms with Gasteiger partial charge in [0.15, 0.2) is 0 Å². The molecule has 0 fully saturated rings. The molecular weight excluding hydrogens is 1190 g/mol. The van der Waals surface area contributed by atoms with Gasteiger partial charge in [-0.3, -0.25) is 37.8 Å². The molecular formula is C69H81FN5O15P. The molecule has 0 heterocycles. The molecule has 0 aromatic heterocycles. The topological polar surface area (TPSA) is 269 Å². The molecule has 0 saturated carbocycles. The number of nitrogens with one attached hydrogen (secondary N) is 5. The van der Waals surface area contributed by atoms with E-state index >= 15 is 0 Å². The number of amides is 4. The summed E-state index contributed by atoms with van der Waals surface area (Å²) in [7, 11) is -4.49. The number of hydrogen-bond acceptors (Lipinski definition) is 15. The molecule has 0 spiro atoms. The Morgan fingerprint density at radius 3 is 1.29 bits per heavy atom. The summed E-state index contributed by atoms with van der Waals surface area (Å²) in [6.07, 6.45) is 2.82. The van der Waals surface area contributed by atoms with Crippen LogP contribution >= 0.6 is 7.75 Å². The van der Waals surface area contributed by atoms with Gasteiger partial charge in [-0.15, -0.1) is 0 Å². The quantitative estimate of drug-likeness (QED) is 0.0103. The third-order valence-electron chi connectivity index (χ3n) is 14.1. The molecule has 91 heavy (non-hydrogen) atoms. The molecule has 0 radical (unpaired) electrons. The van der Waals surface area contributed by atoms with Gasteiger partial charge in [0.25, 0.3) is 5.91 Å². The van der Waals surface area contributed by atoms with Gasteiger partial charge >= 0.3 is 31.6 Å². The molecule has 4 amide bonds. The standard InChI is InChI=1S/C69H81FN5O15P/c70-58-38-36-57(37-39-58)66(80)72-45-21-6-18-34-62(76)71-44-20-7-19-35-63(77)74-60(68(82)87-49-54-27-12-3-13-28-54)40-42-64(78)73-59(67(81)86-48-53-25-10-2-11-26-53)33-22-46-89-91(84,90-51-56-31-16-5-17-32-56)75-61(69(83)88-50-55-29-14-4-15-30-55)41-43-65(79)85-47-52-23-8-1-9-24-52/h1-5,8-17,23-32,36-39,59-61H,6-7,18-22,33-35,40-51H2,(H,71,76)(H,72,80)(H,73,78)(H,74,77)(H,75,84)/t59-,60-,61-,91?/m0/s1. The smallest absolute Gasteiger partial charge is 0.406 e. The first-order chi connectivity index (χ1) is 44.2. The lowest BCUT2D eigenvalue weighted by Crippen LogP contribution is -2.45. The van der Waals surface area contributed by atoms with E-state index in [1.807, 2.05) is 30.3 Å². The van der Waals surface area contributed by atoms with Crippen LogP contribution in [0, 0.1) is 5.82 Å². The molecule has 0 saturated heterocycles. The summed E-state index contributed by atoms with van der Waals surface area (Å²) in [4.78, 5) is 106. The predicted octanol–water partition coefficient (Wildman–Crippen LogP) is 10.4. The highest BCUT2D eigenvalue weighted by Gasteiger charge is 2.35. The van der Waals surface area contributed by atoms with Crippen LogP contribution in [0.1, 0.15) is 128 Å². The van der Waals surface area contributed by atoms with Crippen molar-refractivity contribution >= 4 is 55.3 Å². The van der Waals surface area contributed by atoms with E-state index in [4.69, 9.17) is 28.0 Å². The molecule has 6 rings (SSSR count). The second-order valence-electron chi connectivity index (χ2n) is 21.4. The number of benzene rings is 6. The summed E-state index contributed by atoms with van der Waals surface area (Å²) < 4.78 is 62.3. The Bertz CT molecular complexity index is 3230. The highest BCUT2D eigenvalue weighted by atomic mass is 31.2. The first-order valence-electron chi connectivity index (χ1n) is 30.6. The normalized spacial score (nSPS) is 12.6. The van der Waals surface area contributed by atoms with Crippen LogP contribution in [0.2, 0.25) is 0 Å². The number of carbonyl (C=O) groups excluding carboxylic acids is 8. The van der Waals surface area contributed by atoms with Crippen molar-refractivity contribution < 1.29 is 75.3 Å². The molecule has 0 aliphatic rings. The molecule has 1 unspecified atom stereocenters. The number of esters is 4. The van der Waals surface area contributed by atoms with Crippen molar-refractivity contribution in [2.24, 2.45) is 0 Å². The van der Waals surface area contributed by atoms with Gasteiger partial charge in [0.05, 0.1) is 13.2 Å². The fourth-order valence-corrected chi connectivity index (χ4v) is 10.5. The summed E-state index contributed by atoms with van der Waals surface area (Å²) >= 11 is 0. The van der Waals surface area contributed by atoms with E-state index in [9.17, 15) is 47.3 Å². The zero-order valence-electron chi connectivity index (χ0n) is 51.0. The van der Waals surface area contributed by atoms with Crippen LogP contribution in [-0.2, 0) is 99.2 Å². The van der Waals surface area contributed by atoms with Crippen molar-refractivity contribution in [1.82, 2.24) is 26.4 Å². The minimum atomic E-state index is -4.49. The minimum absolute atomic E-state index is 0.00461. The molecule has 0 bridgehead atoms. The van der Waals surface area contributed by atoms with E-state index < -0.39 is 67.4 Å². The second kappa shape index (κ2) is 40.7.